The van der Waals surface area contributed by atoms with Crippen molar-refractivity contribution in [2.75, 3.05) is 16.9 Å². The molecule has 0 bridgehead atoms. The number of fused-ring (bicyclic) bond motifs is 2. The third-order valence-electron chi connectivity index (χ3n) is 6.49. The lowest BCUT2D eigenvalue weighted by molar-refractivity contribution is -0.158. The highest BCUT2D eigenvalue weighted by molar-refractivity contribution is 7.89. The number of urea groups is 1. The average Bonchev–Trinajstić information content (AvgIpc) is 3.63. The van der Waals surface area contributed by atoms with Gasteiger partial charge in [-0.2, -0.15) is 0 Å². The van der Waals surface area contributed by atoms with Crippen molar-refractivity contribution in [1.29, 1.82) is 0 Å². The summed E-state index contributed by atoms with van der Waals surface area (Å²) in [6.45, 7) is 0. The van der Waals surface area contributed by atoms with Crippen LogP contribution >= 0.6 is 0 Å². The molecule has 6 rings (SSSR count). The van der Waals surface area contributed by atoms with Crippen LogP contribution in [0.25, 0.3) is 11.2 Å². The first kappa shape index (κ1) is 26.8. The number of nitrogens with one attached hydrogen (secondary N) is 3. The SMILES string of the molecule is CS(=O)(=O)NC(=O)C1OC(n2cnc3c(NC(=O)Nc4ccccc4)ncnc32)C2OC(Cc3ccccc3)OC12. The monoisotopic (exact) mass is 579 g/mol. The maximum atomic E-state index is 12.9. The van der Waals surface area contributed by atoms with E-state index in [1.807, 2.05) is 41.1 Å². The fourth-order valence-corrected chi connectivity index (χ4v) is 5.30. The molecule has 2 aliphatic heterocycles. The van der Waals surface area contributed by atoms with Crippen LogP contribution in [-0.2, 0) is 35.4 Å². The Morgan fingerprint density at radius 2 is 1.61 bits per heavy atom. The Morgan fingerprint density at radius 3 is 2.34 bits per heavy atom. The van der Waals surface area contributed by atoms with Gasteiger partial charge in [-0.3, -0.25) is 19.4 Å². The number of carbonyl (C=O) groups is 2. The number of benzene rings is 2. The van der Waals surface area contributed by atoms with E-state index < -0.39 is 52.8 Å². The van der Waals surface area contributed by atoms with Gasteiger partial charge in [0.25, 0.3) is 5.91 Å². The predicted octanol–water partition coefficient (Wildman–Crippen LogP) is 1.80. The van der Waals surface area contributed by atoms with Gasteiger partial charge in [0, 0.05) is 12.1 Å². The number of imidazole rings is 1. The maximum Gasteiger partial charge on any atom is 0.324 e. The van der Waals surface area contributed by atoms with E-state index in [2.05, 4.69) is 25.6 Å². The Kier molecular flexibility index (Phi) is 7.08. The molecule has 0 radical (unpaired) electrons. The Bertz CT molecular complexity index is 1680. The van der Waals surface area contributed by atoms with Gasteiger partial charge in [0.1, 0.15) is 18.5 Å². The van der Waals surface area contributed by atoms with E-state index >= 15 is 0 Å². The summed E-state index contributed by atoms with van der Waals surface area (Å²) in [5.41, 5.74) is 2.10. The summed E-state index contributed by atoms with van der Waals surface area (Å²) in [7, 11) is -3.86. The minimum atomic E-state index is -3.86. The molecule has 4 heterocycles. The number of anilines is 2. The van der Waals surface area contributed by atoms with E-state index in [0.717, 1.165) is 11.8 Å². The zero-order chi connectivity index (χ0) is 28.6. The molecule has 41 heavy (non-hydrogen) atoms. The molecule has 5 unspecified atom stereocenters. The van der Waals surface area contributed by atoms with Crippen LogP contribution in [0.2, 0.25) is 0 Å². The average molecular weight is 580 g/mol. The van der Waals surface area contributed by atoms with Crippen molar-refractivity contribution in [3.05, 3.63) is 78.9 Å². The number of ether oxygens (including phenoxy) is 3. The number of nitrogens with zero attached hydrogens (tertiary/aromatic N) is 4. The van der Waals surface area contributed by atoms with Gasteiger partial charge in [-0.1, -0.05) is 48.5 Å². The standard InChI is InChI=1S/C26H25N7O7S/c1-41(36,37)32-24(34)20-19-21(39-17(38-19)12-15-8-4-2-5-9-15)25(40-20)33-14-29-18-22(27-13-28-23(18)33)31-26(35)30-16-10-6-3-7-11-16/h2-11,13-14,17,19-21,25H,12H2,1H3,(H,32,34)(H2,27,28,30,31,35). The van der Waals surface area contributed by atoms with Crippen LogP contribution in [0.15, 0.2) is 73.3 Å². The molecule has 0 saturated carbocycles. The molecule has 2 saturated heterocycles. The summed E-state index contributed by atoms with van der Waals surface area (Å²) in [5, 5.41) is 5.38. The second kappa shape index (κ2) is 10.9. The molecule has 0 aliphatic carbocycles. The highest BCUT2D eigenvalue weighted by atomic mass is 32.2. The summed E-state index contributed by atoms with van der Waals surface area (Å²) < 4.78 is 45.4. The Morgan fingerprint density at radius 1 is 0.902 bits per heavy atom. The van der Waals surface area contributed by atoms with Crippen molar-refractivity contribution in [2.45, 2.75) is 37.3 Å². The molecule has 14 nitrogen and oxygen atoms in total. The molecule has 5 atom stereocenters. The second-order valence-corrected chi connectivity index (χ2v) is 11.2. The largest absolute Gasteiger partial charge is 0.343 e. The molecule has 4 aromatic rings. The number of sulfonamides is 1. The van der Waals surface area contributed by atoms with E-state index in [-0.39, 0.29) is 17.0 Å². The quantitative estimate of drug-likeness (QED) is 0.293. The van der Waals surface area contributed by atoms with E-state index in [1.165, 1.54) is 17.2 Å². The van der Waals surface area contributed by atoms with Gasteiger partial charge in [-0.25, -0.2) is 28.2 Å². The molecule has 212 valence electrons. The molecule has 15 heteroatoms. The second-order valence-electron chi connectivity index (χ2n) is 9.50. The van der Waals surface area contributed by atoms with E-state index in [4.69, 9.17) is 14.2 Å². The molecule has 2 fully saturated rings. The number of amides is 3. The Labute approximate surface area is 234 Å². The van der Waals surface area contributed by atoms with Crippen LogP contribution in [-0.4, -0.2) is 70.7 Å². The number of aromatic nitrogens is 4. The third-order valence-corrected chi connectivity index (χ3v) is 7.07. The predicted molar refractivity (Wildman–Crippen MR) is 145 cm³/mol. The Hall–Kier alpha value is -4.44. The van der Waals surface area contributed by atoms with Crippen molar-refractivity contribution in [1.82, 2.24) is 24.2 Å². The normalized spacial score (nSPS) is 23.7. The fraction of sp³-hybridized carbons (Fsp3) is 0.269. The lowest BCUT2D eigenvalue weighted by Gasteiger charge is -2.21. The zero-order valence-electron chi connectivity index (χ0n) is 21.6. The maximum absolute atomic E-state index is 12.9. The molecule has 2 aliphatic rings. The van der Waals surface area contributed by atoms with E-state index in [0.29, 0.717) is 12.1 Å². The number of carbonyl (C=O) groups excluding carboxylic acids is 2. The molecule has 2 aromatic carbocycles. The number of hydrogen-bond acceptors (Lipinski definition) is 10. The highest BCUT2D eigenvalue weighted by Gasteiger charge is 2.56. The molecule has 0 spiro atoms. The van der Waals surface area contributed by atoms with Crippen molar-refractivity contribution < 1.29 is 32.2 Å². The van der Waals surface area contributed by atoms with Crippen LogP contribution in [0.1, 0.15) is 11.8 Å². The van der Waals surface area contributed by atoms with Gasteiger partial charge in [0.05, 0.1) is 12.6 Å². The van der Waals surface area contributed by atoms with Crippen LogP contribution in [0.5, 0.6) is 0 Å². The third kappa shape index (κ3) is 5.74. The van der Waals surface area contributed by atoms with Crippen molar-refractivity contribution in [2.24, 2.45) is 0 Å². The zero-order valence-corrected chi connectivity index (χ0v) is 22.4. The lowest BCUT2D eigenvalue weighted by Crippen LogP contribution is -2.44. The molecule has 3 N–H and O–H groups in total. The smallest absolute Gasteiger partial charge is 0.324 e. The van der Waals surface area contributed by atoms with E-state index in [9.17, 15) is 18.0 Å². The summed E-state index contributed by atoms with van der Waals surface area (Å²) >= 11 is 0. The fourth-order valence-electron chi connectivity index (χ4n) is 4.82. The summed E-state index contributed by atoms with van der Waals surface area (Å²) in [5.74, 6) is -0.735. The van der Waals surface area contributed by atoms with Crippen LogP contribution in [0, 0.1) is 0 Å². The molecule has 2 aromatic heterocycles. The topological polar surface area (TPSA) is 176 Å². The minimum Gasteiger partial charge on any atom is -0.343 e. The molecular formula is C26H25N7O7S. The number of hydrogen-bond donors (Lipinski definition) is 3. The summed E-state index contributed by atoms with van der Waals surface area (Å²) in [4.78, 5) is 38.3. The van der Waals surface area contributed by atoms with Crippen molar-refractivity contribution in [3.63, 3.8) is 0 Å². The van der Waals surface area contributed by atoms with Gasteiger partial charge in [0.2, 0.25) is 10.0 Å². The van der Waals surface area contributed by atoms with Crippen molar-refractivity contribution in [3.8, 4) is 0 Å². The molecule has 3 amide bonds. The number of para-hydroxylation sites is 1. The first-order valence-electron chi connectivity index (χ1n) is 12.6. The molecular weight excluding hydrogens is 554 g/mol. The number of rotatable bonds is 7. The minimum absolute atomic E-state index is 0.147. The van der Waals surface area contributed by atoms with Gasteiger partial charge in [-0.15, -0.1) is 0 Å². The van der Waals surface area contributed by atoms with E-state index in [1.54, 1.807) is 24.3 Å². The summed E-state index contributed by atoms with van der Waals surface area (Å²) in [6.07, 6.45) is -0.727. The van der Waals surface area contributed by atoms with Gasteiger partial charge >= 0.3 is 6.03 Å². The van der Waals surface area contributed by atoms with Gasteiger partial charge in [-0.05, 0) is 17.7 Å². The van der Waals surface area contributed by atoms with Gasteiger partial charge < -0.3 is 19.5 Å². The van der Waals surface area contributed by atoms with Crippen LogP contribution < -0.4 is 15.4 Å². The lowest BCUT2D eigenvalue weighted by atomic mass is 10.1. The summed E-state index contributed by atoms with van der Waals surface area (Å²) in [6, 6.07) is 17.9. The highest BCUT2D eigenvalue weighted by Crippen LogP contribution is 2.41. The first-order valence-corrected chi connectivity index (χ1v) is 14.5. The van der Waals surface area contributed by atoms with Crippen molar-refractivity contribution >= 4 is 44.6 Å². The van der Waals surface area contributed by atoms with Crippen LogP contribution in [0.3, 0.4) is 0 Å². The van der Waals surface area contributed by atoms with Gasteiger partial charge in [0.15, 0.2) is 35.6 Å². The Balaban J connectivity index is 1.27. The first-order chi connectivity index (χ1) is 19.7. The van der Waals surface area contributed by atoms with Crippen LogP contribution in [0.4, 0.5) is 16.3 Å².